The predicted molar refractivity (Wildman–Crippen MR) is 119 cm³/mol. The summed E-state index contributed by atoms with van der Waals surface area (Å²) < 4.78 is 0. The Bertz CT molecular complexity index is 707. The lowest BCUT2D eigenvalue weighted by molar-refractivity contribution is 0.725. The molecule has 27 heavy (non-hydrogen) atoms. The van der Waals surface area contributed by atoms with Crippen molar-refractivity contribution in [2.24, 2.45) is 5.11 Å². The van der Waals surface area contributed by atoms with E-state index in [1.54, 1.807) is 0 Å². The molecule has 0 fully saturated rings. The van der Waals surface area contributed by atoms with Gasteiger partial charge in [0, 0.05) is 11.5 Å². The summed E-state index contributed by atoms with van der Waals surface area (Å²) in [5, 5.41) is 7.58. The van der Waals surface area contributed by atoms with Crippen LogP contribution in [0.4, 0.5) is 0 Å². The fourth-order valence-corrected chi connectivity index (χ4v) is 4.96. The van der Waals surface area contributed by atoms with E-state index in [0.717, 1.165) is 6.42 Å². The zero-order valence-corrected chi connectivity index (χ0v) is 16.7. The monoisotopic (exact) mass is 375 g/mol. The molecule has 0 atom stereocenters. The first-order valence-electron chi connectivity index (χ1n) is 9.33. The van der Waals surface area contributed by atoms with Gasteiger partial charge in [-0.15, -0.1) is 0 Å². The minimum absolute atomic E-state index is 0.446. The Morgan fingerprint density at radius 1 is 0.704 bits per heavy atom. The van der Waals surface area contributed by atoms with Gasteiger partial charge in [-0.1, -0.05) is 116 Å². The molecule has 0 aromatic heterocycles. The smallest absolute Gasteiger partial charge is 0.0257 e. The van der Waals surface area contributed by atoms with E-state index in [1.165, 1.54) is 28.8 Å². The van der Waals surface area contributed by atoms with Crippen LogP contribution in [-0.4, -0.2) is 6.54 Å². The average Bonchev–Trinajstić information content (AvgIpc) is 2.74. The standard InChI is InChI=1S/C18H15P.C5H11N3/c1-4-10-16(11-5-1)19(17-12-6-2-7-13-17)18-14-8-3-9-15-18;1-2-3-4-5-7-8-6/h1-15H;2-5H2,1H3. The van der Waals surface area contributed by atoms with Gasteiger partial charge < -0.3 is 0 Å². The minimum Gasteiger partial charge on any atom is -0.0940 e. The summed E-state index contributed by atoms with van der Waals surface area (Å²) >= 11 is 0. The molecule has 3 aromatic carbocycles. The Labute approximate surface area is 163 Å². The summed E-state index contributed by atoms with van der Waals surface area (Å²) in [6.45, 7) is 2.78. The Balaban J connectivity index is 0.000000279. The van der Waals surface area contributed by atoms with E-state index in [2.05, 4.69) is 108 Å². The van der Waals surface area contributed by atoms with E-state index in [9.17, 15) is 0 Å². The van der Waals surface area contributed by atoms with Crippen molar-refractivity contribution < 1.29 is 0 Å². The third kappa shape index (κ3) is 7.27. The molecule has 0 aliphatic carbocycles. The minimum atomic E-state index is -0.446. The highest BCUT2D eigenvalue weighted by Gasteiger charge is 2.14. The largest absolute Gasteiger partial charge is 0.0940 e. The molecule has 0 bridgehead atoms. The van der Waals surface area contributed by atoms with Gasteiger partial charge >= 0.3 is 0 Å². The third-order valence-electron chi connectivity index (χ3n) is 3.97. The van der Waals surface area contributed by atoms with E-state index in [0.29, 0.717) is 6.54 Å². The van der Waals surface area contributed by atoms with Crippen LogP contribution >= 0.6 is 7.92 Å². The lowest BCUT2D eigenvalue weighted by Gasteiger charge is -2.18. The Hall–Kier alpha value is -2.60. The normalized spacial score (nSPS) is 9.85. The first-order chi connectivity index (χ1) is 13.4. The lowest BCUT2D eigenvalue weighted by atomic mass is 10.3. The maximum atomic E-state index is 7.82. The highest BCUT2D eigenvalue weighted by Crippen LogP contribution is 2.32. The molecule has 4 heteroatoms. The van der Waals surface area contributed by atoms with Gasteiger partial charge in [-0.3, -0.25) is 0 Å². The quantitative estimate of drug-likeness (QED) is 0.162. The molecule has 0 heterocycles. The molecule has 0 saturated heterocycles. The highest BCUT2D eigenvalue weighted by molar-refractivity contribution is 7.79. The average molecular weight is 375 g/mol. The molecule has 0 radical (unpaired) electrons. The second-order valence-electron chi connectivity index (χ2n) is 6.00. The van der Waals surface area contributed by atoms with Crippen molar-refractivity contribution >= 4 is 23.8 Å². The molecule has 3 rings (SSSR count). The van der Waals surface area contributed by atoms with E-state index in [4.69, 9.17) is 5.53 Å². The Morgan fingerprint density at radius 3 is 1.44 bits per heavy atom. The van der Waals surface area contributed by atoms with Crippen molar-refractivity contribution in [3.05, 3.63) is 101 Å². The van der Waals surface area contributed by atoms with Gasteiger partial charge in [0.2, 0.25) is 0 Å². The summed E-state index contributed by atoms with van der Waals surface area (Å²) in [5.41, 5.74) is 7.82. The summed E-state index contributed by atoms with van der Waals surface area (Å²) in [5.74, 6) is 0. The second kappa shape index (κ2) is 12.7. The van der Waals surface area contributed by atoms with Gasteiger partial charge in [0.05, 0.1) is 0 Å². The SMILES string of the molecule is CCCCCN=[N+]=[N-].c1ccc(P(c2ccccc2)c2ccccc2)cc1. The first kappa shape index (κ1) is 20.7. The van der Waals surface area contributed by atoms with E-state index in [-0.39, 0.29) is 0 Å². The van der Waals surface area contributed by atoms with E-state index >= 15 is 0 Å². The predicted octanol–water partition coefficient (Wildman–Crippen LogP) is 5.93. The number of nitrogens with zero attached hydrogens (tertiary/aromatic N) is 3. The van der Waals surface area contributed by atoms with Crippen LogP contribution in [0.3, 0.4) is 0 Å². The van der Waals surface area contributed by atoms with Crippen LogP contribution in [-0.2, 0) is 0 Å². The molecule has 0 unspecified atom stereocenters. The zero-order valence-electron chi connectivity index (χ0n) is 15.8. The van der Waals surface area contributed by atoms with Crippen LogP contribution in [0.5, 0.6) is 0 Å². The molecular formula is C23H26N3P. The van der Waals surface area contributed by atoms with Crippen LogP contribution < -0.4 is 15.9 Å². The third-order valence-corrected chi connectivity index (χ3v) is 6.41. The first-order valence-corrected chi connectivity index (χ1v) is 10.7. The summed E-state index contributed by atoms with van der Waals surface area (Å²) in [4.78, 5) is 2.63. The second-order valence-corrected chi connectivity index (χ2v) is 8.22. The highest BCUT2D eigenvalue weighted by atomic mass is 31.1. The number of benzene rings is 3. The van der Waals surface area contributed by atoms with Crippen LogP contribution in [0.1, 0.15) is 26.2 Å². The molecule has 0 amide bonds. The summed E-state index contributed by atoms with van der Waals surface area (Å²) in [6, 6.07) is 32.3. The van der Waals surface area contributed by atoms with Crippen molar-refractivity contribution in [2.45, 2.75) is 26.2 Å². The topological polar surface area (TPSA) is 48.8 Å². The zero-order chi connectivity index (χ0) is 19.2. The number of azide groups is 1. The number of hydrogen-bond acceptors (Lipinski definition) is 1. The fraction of sp³-hybridized carbons (Fsp3) is 0.217. The Kier molecular flexibility index (Phi) is 9.74. The summed E-state index contributed by atoms with van der Waals surface area (Å²) in [6.07, 6.45) is 3.38. The number of unbranched alkanes of at least 4 members (excludes halogenated alkanes) is 2. The van der Waals surface area contributed by atoms with Crippen LogP contribution in [0.2, 0.25) is 0 Å². The van der Waals surface area contributed by atoms with Crippen molar-refractivity contribution in [2.75, 3.05) is 6.54 Å². The van der Waals surface area contributed by atoms with Crippen molar-refractivity contribution in [3.63, 3.8) is 0 Å². The molecule has 0 N–H and O–H groups in total. The van der Waals surface area contributed by atoms with Gasteiger partial charge in [-0.25, -0.2) is 0 Å². The Morgan fingerprint density at radius 2 is 1.11 bits per heavy atom. The van der Waals surface area contributed by atoms with Gasteiger partial charge in [0.15, 0.2) is 0 Å². The van der Waals surface area contributed by atoms with Crippen LogP contribution in [0.25, 0.3) is 10.4 Å². The molecule has 138 valence electrons. The molecule has 3 aromatic rings. The van der Waals surface area contributed by atoms with Crippen molar-refractivity contribution in [3.8, 4) is 0 Å². The van der Waals surface area contributed by atoms with Crippen LogP contribution in [0.15, 0.2) is 96.1 Å². The molecule has 0 aliphatic rings. The van der Waals surface area contributed by atoms with Crippen molar-refractivity contribution in [1.29, 1.82) is 0 Å². The molecule has 0 spiro atoms. The van der Waals surface area contributed by atoms with E-state index < -0.39 is 7.92 Å². The fourth-order valence-electron chi connectivity index (χ4n) is 2.66. The summed E-state index contributed by atoms with van der Waals surface area (Å²) in [7, 11) is -0.446. The van der Waals surface area contributed by atoms with Gasteiger partial charge in [0.1, 0.15) is 0 Å². The number of hydrogen-bond donors (Lipinski definition) is 0. The maximum Gasteiger partial charge on any atom is 0.0257 e. The van der Waals surface area contributed by atoms with Gasteiger partial charge in [-0.05, 0) is 35.8 Å². The lowest BCUT2D eigenvalue weighted by Crippen LogP contribution is -2.20. The van der Waals surface area contributed by atoms with Gasteiger partial charge in [0.25, 0.3) is 0 Å². The molecule has 0 aliphatic heterocycles. The molecule has 3 nitrogen and oxygen atoms in total. The number of rotatable bonds is 7. The molecular weight excluding hydrogens is 349 g/mol. The maximum absolute atomic E-state index is 7.82. The van der Waals surface area contributed by atoms with Crippen LogP contribution in [0, 0.1) is 0 Å². The van der Waals surface area contributed by atoms with E-state index in [1.807, 2.05) is 0 Å². The van der Waals surface area contributed by atoms with Crippen molar-refractivity contribution in [1.82, 2.24) is 0 Å². The molecule has 0 saturated carbocycles. The van der Waals surface area contributed by atoms with Gasteiger partial charge in [-0.2, -0.15) is 0 Å².